The molecule has 14 heavy (non-hydrogen) atoms. The van der Waals surface area contributed by atoms with Crippen molar-refractivity contribution in [3.63, 3.8) is 0 Å². The Morgan fingerprint density at radius 1 is 1.71 bits per heavy atom. The summed E-state index contributed by atoms with van der Waals surface area (Å²) in [7, 11) is 1.32. The Kier molecular flexibility index (Phi) is 3.55. The zero-order valence-corrected chi connectivity index (χ0v) is 7.80. The van der Waals surface area contributed by atoms with E-state index in [2.05, 4.69) is 21.4 Å². The predicted octanol–water partition coefficient (Wildman–Crippen LogP) is 1.60. The summed E-state index contributed by atoms with van der Waals surface area (Å²) >= 11 is 0. The highest BCUT2D eigenvalue weighted by Crippen LogP contribution is 2.17. The molecule has 1 rings (SSSR count). The standard InChI is InChI=1S/C10H10N2O2/c1-11-9-5-6-12-7-8(9)3-4-10(13)14-2/h3-7H,1H2,2H3/b4-3+. The third kappa shape index (κ3) is 2.52. The minimum absolute atomic E-state index is 0.413. The third-order valence-electron chi connectivity index (χ3n) is 1.60. The fourth-order valence-electron chi connectivity index (χ4n) is 0.898. The topological polar surface area (TPSA) is 51.5 Å². The highest BCUT2D eigenvalue weighted by molar-refractivity contribution is 5.88. The van der Waals surface area contributed by atoms with E-state index >= 15 is 0 Å². The predicted molar refractivity (Wildman–Crippen MR) is 54.5 cm³/mol. The SMILES string of the molecule is C=Nc1ccncc1/C=C/C(=O)OC. The maximum Gasteiger partial charge on any atom is 0.330 e. The van der Waals surface area contributed by atoms with E-state index in [4.69, 9.17) is 0 Å². The molecule has 0 saturated heterocycles. The van der Waals surface area contributed by atoms with Crippen LogP contribution in [-0.4, -0.2) is 24.8 Å². The van der Waals surface area contributed by atoms with Crippen LogP contribution in [0.4, 0.5) is 5.69 Å². The molecule has 1 heterocycles. The van der Waals surface area contributed by atoms with Gasteiger partial charge in [0.25, 0.3) is 0 Å². The smallest absolute Gasteiger partial charge is 0.330 e. The van der Waals surface area contributed by atoms with Crippen LogP contribution in [0.1, 0.15) is 5.56 Å². The van der Waals surface area contributed by atoms with Gasteiger partial charge in [0, 0.05) is 24.0 Å². The Bertz CT molecular complexity index is 372. The second-order valence-corrected chi connectivity index (χ2v) is 2.45. The second-order valence-electron chi connectivity index (χ2n) is 2.45. The van der Waals surface area contributed by atoms with E-state index in [-0.39, 0.29) is 0 Å². The number of hydrogen-bond donors (Lipinski definition) is 0. The van der Waals surface area contributed by atoms with E-state index in [0.717, 1.165) is 5.56 Å². The highest BCUT2D eigenvalue weighted by atomic mass is 16.5. The van der Waals surface area contributed by atoms with Gasteiger partial charge in [-0.2, -0.15) is 0 Å². The lowest BCUT2D eigenvalue weighted by molar-refractivity contribution is -0.134. The summed E-state index contributed by atoms with van der Waals surface area (Å²) in [6, 6.07) is 1.71. The van der Waals surface area contributed by atoms with Gasteiger partial charge in [0.15, 0.2) is 0 Å². The molecule has 4 nitrogen and oxygen atoms in total. The van der Waals surface area contributed by atoms with Crippen LogP contribution in [0.25, 0.3) is 6.08 Å². The molecule has 72 valence electrons. The fourth-order valence-corrected chi connectivity index (χ4v) is 0.898. The summed E-state index contributed by atoms with van der Waals surface area (Å²) in [4.78, 5) is 18.5. The normalized spacial score (nSPS) is 10.1. The molecule has 0 N–H and O–H groups in total. The molecule has 0 atom stereocenters. The molecule has 0 aromatic carbocycles. The van der Waals surface area contributed by atoms with Gasteiger partial charge in [0.05, 0.1) is 12.8 Å². The summed E-state index contributed by atoms with van der Waals surface area (Å²) in [5, 5.41) is 0. The zero-order chi connectivity index (χ0) is 10.4. The molecule has 0 fully saturated rings. The van der Waals surface area contributed by atoms with Crippen LogP contribution >= 0.6 is 0 Å². The molecule has 0 spiro atoms. The molecule has 0 unspecified atom stereocenters. The average molecular weight is 190 g/mol. The van der Waals surface area contributed by atoms with E-state index in [9.17, 15) is 4.79 Å². The molecule has 0 bridgehead atoms. The van der Waals surface area contributed by atoms with Gasteiger partial charge in [-0.15, -0.1) is 0 Å². The van der Waals surface area contributed by atoms with Crippen molar-refractivity contribution in [1.82, 2.24) is 4.98 Å². The van der Waals surface area contributed by atoms with E-state index < -0.39 is 5.97 Å². The van der Waals surface area contributed by atoms with Gasteiger partial charge in [-0.3, -0.25) is 9.98 Å². The van der Waals surface area contributed by atoms with E-state index in [1.54, 1.807) is 24.5 Å². The quantitative estimate of drug-likeness (QED) is 0.413. The molecule has 0 aliphatic rings. The maximum absolute atomic E-state index is 10.8. The summed E-state index contributed by atoms with van der Waals surface area (Å²) in [5.41, 5.74) is 1.41. The summed E-state index contributed by atoms with van der Waals surface area (Å²) in [6.45, 7) is 3.41. The first kappa shape index (κ1) is 10.1. The van der Waals surface area contributed by atoms with E-state index in [1.807, 2.05) is 0 Å². The molecule has 0 aliphatic carbocycles. The number of nitrogens with zero attached hydrogens (tertiary/aromatic N) is 2. The molecular formula is C10H10N2O2. The molecule has 1 aromatic rings. The van der Waals surface area contributed by atoms with Crippen LogP contribution in [-0.2, 0) is 9.53 Å². The highest BCUT2D eigenvalue weighted by Gasteiger charge is 1.97. The van der Waals surface area contributed by atoms with Crippen molar-refractivity contribution < 1.29 is 9.53 Å². The number of aromatic nitrogens is 1. The number of esters is 1. The Hall–Kier alpha value is -1.97. The van der Waals surface area contributed by atoms with Gasteiger partial charge >= 0.3 is 5.97 Å². The Balaban J connectivity index is 2.90. The van der Waals surface area contributed by atoms with Crippen molar-refractivity contribution in [3.8, 4) is 0 Å². The number of pyridine rings is 1. The van der Waals surface area contributed by atoms with Gasteiger partial charge in [-0.1, -0.05) is 0 Å². The minimum atomic E-state index is -0.413. The van der Waals surface area contributed by atoms with Crippen molar-refractivity contribution in [2.45, 2.75) is 0 Å². The summed E-state index contributed by atoms with van der Waals surface area (Å²) < 4.78 is 4.45. The van der Waals surface area contributed by atoms with Crippen LogP contribution in [0, 0.1) is 0 Å². The number of hydrogen-bond acceptors (Lipinski definition) is 4. The van der Waals surface area contributed by atoms with Crippen molar-refractivity contribution in [2.24, 2.45) is 4.99 Å². The minimum Gasteiger partial charge on any atom is -0.466 e. The molecule has 0 saturated carbocycles. The van der Waals surface area contributed by atoms with Crippen molar-refractivity contribution >= 4 is 24.5 Å². The van der Waals surface area contributed by atoms with Crippen molar-refractivity contribution in [2.75, 3.05) is 7.11 Å². The van der Waals surface area contributed by atoms with Crippen LogP contribution in [0.15, 0.2) is 29.5 Å². The Morgan fingerprint density at radius 3 is 3.14 bits per heavy atom. The molecule has 0 amide bonds. The largest absolute Gasteiger partial charge is 0.466 e. The number of ether oxygens (including phenoxy) is 1. The number of methoxy groups -OCH3 is 1. The third-order valence-corrected chi connectivity index (χ3v) is 1.60. The van der Waals surface area contributed by atoms with Gasteiger partial charge in [-0.25, -0.2) is 4.79 Å². The van der Waals surface area contributed by atoms with Gasteiger partial charge < -0.3 is 4.74 Å². The number of rotatable bonds is 3. The fraction of sp³-hybridized carbons (Fsp3) is 0.100. The first-order chi connectivity index (χ1) is 6.77. The lowest BCUT2D eigenvalue weighted by Crippen LogP contribution is -1.93. The summed E-state index contributed by atoms with van der Waals surface area (Å²) in [6.07, 6.45) is 6.11. The van der Waals surface area contributed by atoms with Crippen LogP contribution in [0.5, 0.6) is 0 Å². The lowest BCUT2D eigenvalue weighted by atomic mass is 10.2. The first-order valence-corrected chi connectivity index (χ1v) is 3.94. The van der Waals surface area contributed by atoms with Gasteiger partial charge in [0.1, 0.15) is 0 Å². The maximum atomic E-state index is 10.8. The summed E-state index contributed by atoms with van der Waals surface area (Å²) in [5.74, 6) is -0.413. The Morgan fingerprint density at radius 2 is 2.50 bits per heavy atom. The number of aliphatic imine (C=N–C) groups is 1. The van der Waals surface area contributed by atoms with Crippen LogP contribution in [0.3, 0.4) is 0 Å². The van der Waals surface area contributed by atoms with E-state index in [1.165, 1.54) is 13.2 Å². The van der Waals surface area contributed by atoms with Crippen LogP contribution in [0.2, 0.25) is 0 Å². The molecule has 0 aliphatic heterocycles. The molecule has 1 aromatic heterocycles. The van der Waals surface area contributed by atoms with Crippen molar-refractivity contribution in [3.05, 3.63) is 30.1 Å². The first-order valence-electron chi connectivity index (χ1n) is 3.94. The molecule has 0 radical (unpaired) electrons. The van der Waals surface area contributed by atoms with E-state index in [0.29, 0.717) is 5.69 Å². The number of carbonyl (C=O) groups is 1. The lowest BCUT2D eigenvalue weighted by Gasteiger charge is -1.97. The van der Waals surface area contributed by atoms with Gasteiger partial charge in [0.2, 0.25) is 0 Å². The molecular weight excluding hydrogens is 180 g/mol. The zero-order valence-electron chi connectivity index (χ0n) is 7.80. The average Bonchev–Trinajstić information content (AvgIpc) is 2.26. The monoisotopic (exact) mass is 190 g/mol. The Labute approximate surface area is 82.0 Å². The van der Waals surface area contributed by atoms with Crippen molar-refractivity contribution in [1.29, 1.82) is 0 Å². The van der Waals surface area contributed by atoms with Crippen LogP contribution < -0.4 is 0 Å². The van der Waals surface area contributed by atoms with Gasteiger partial charge in [-0.05, 0) is 18.9 Å². The number of carbonyl (C=O) groups excluding carboxylic acids is 1. The second kappa shape index (κ2) is 4.91. The molecule has 4 heteroatoms.